The molecule has 0 bridgehead atoms. The highest BCUT2D eigenvalue weighted by Gasteiger charge is 2.30. The summed E-state index contributed by atoms with van der Waals surface area (Å²) in [6.07, 6.45) is 0.113. The highest BCUT2D eigenvalue weighted by atomic mass is 35.5. The Bertz CT molecular complexity index is 2370. The Kier molecular flexibility index (Phi) is 12.6. The number of aromatic nitrogens is 2. The number of ether oxygens (including phenoxy) is 3. The number of amidine groups is 1. The lowest BCUT2D eigenvalue weighted by molar-refractivity contribution is 0.0500. The van der Waals surface area contributed by atoms with Crippen LogP contribution in [0.15, 0.2) is 71.5 Å². The molecule has 1 heterocycles. The average molecular weight is 813 g/mol. The van der Waals surface area contributed by atoms with E-state index in [1.165, 1.54) is 50.0 Å². The molecule has 0 aliphatic rings. The van der Waals surface area contributed by atoms with E-state index in [4.69, 9.17) is 25.8 Å². The molecule has 0 radical (unpaired) electrons. The van der Waals surface area contributed by atoms with E-state index in [-0.39, 0.29) is 63.4 Å². The van der Waals surface area contributed by atoms with Crippen LogP contribution in [0.5, 0.6) is 11.5 Å². The Morgan fingerprint density at radius 1 is 0.982 bits per heavy atom. The van der Waals surface area contributed by atoms with Crippen molar-refractivity contribution in [2.45, 2.75) is 45.4 Å². The molecule has 0 aliphatic carbocycles. The van der Waals surface area contributed by atoms with Crippen LogP contribution in [0, 0.1) is 22.9 Å². The molecule has 2 atom stereocenters. The van der Waals surface area contributed by atoms with Gasteiger partial charge in [-0.2, -0.15) is 0 Å². The summed E-state index contributed by atoms with van der Waals surface area (Å²) in [5, 5.41) is 14.6. The van der Waals surface area contributed by atoms with Crippen molar-refractivity contribution in [3.05, 3.63) is 122 Å². The zero-order chi connectivity index (χ0) is 41.1. The zero-order valence-electron chi connectivity index (χ0n) is 31.6. The Balaban J connectivity index is 1.80. The van der Waals surface area contributed by atoms with Crippen LogP contribution in [0.3, 0.4) is 0 Å². The standard InChI is InChI=1S/C39H40ClF3N6O6S/c1-39(2,3)55-38(51)47-30(16-22-14-23(41)17-24(42)15-22)36-46-29-19-26(54-6)18-28(43)33(29)37(50)49(36)31-13-12-27(40)32(34(31)45-4)35(44)48(56(7)52)20-21-8-10-25(53-5)11-9-21/h8-15,17-19,30,44-45H,16,20H2,1-7H3,(H,47,51). The van der Waals surface area contributed by atoms with E-state index in [9.17, 15) is 28.0 Å². The summed E-state index contributed by atoms with van der Waals surface area (Å²) in [6.45, 7) is 4.91. The van der Waals surface area contributed by atoms with E-state index >= 15 is 4.39 Å². The lowest BCUT2D eigenvalue weighted by Gasteiger charge is -2.28. The minimum atomic E-state index is -1.77. The van der Waals surface area contributed by atoms with Crippen LogP contribution < -0.4 is 25.7 Å². The number of hydrogen-bond acceptors (Lipinski definition) is 9. The fourth-order valence-corrected chi connectivity index (χ4v) is 6.95. The second-order valence-electron chi connectivity index (χ2n) is 13.5. The lowest BCUT2D eigenvalue weighted by atomic mass is 10.0. The van der Waals surface area contributed by atoms with E-state index in [2.05, 4.69) is 15.6 Å². The number of carbonyl (C=O) groups excluding carboxylic acids is 1. The smallest absolute Gasteiger partial charge is 0.408 e. The van der Waals surface area contributed by atoms with Gasteiger partial charge < -0.3 is 24.8 Å². The molecule has 1 aromatic heterocycles. The monoisotopic (exact) mass is 812 g/mol. The van der Waals surface area contributed by atoms with Crippen LogP contribution in [-0.4, -0.2) is 63.1 Å². The first-order valence-electron chi connectivity index (χ1n) is 17.0. The van der Waals surface area contributed by atoms with Crippen LogP contribution in [0.2, 0.25) is 5.02 Å². The normalized spacial score (nSPS) is 12.5. The number of nitrogens with one attached hydrogen (secondary N) is 3. The fraction of sp³-hybridized carbons (Fsp3) is 0.282. The fourth-order valence-electron chi connectivity index (χ4n) is 6.02. The van der Waals surface area contributed by atoms with Gasteiger partial charge in [0.2, 0.25) is 0 Å². The molecule has 12 nitrogen and oxygen atoms in total. The number of anilines is 1. The Hall–Kier alpha value is -5.61. The number of alkyl carbamates (subject to hydrolysis) is 1. The summed E-state index contributed by atoms with van der Waals surface area (Å²) in [5.41, 5.74) is -1.23. The molecular formula is C39H40ClF3N6O6S. The first-order chi connectivity index (χ1) is 26.4. The summed E-state index contributed by atoms with van der Waals surface area (Å²) >= 11 is 6.77. The van der Waals surface area contributed by atoms with Gasteiger partial charge in [-0.1, -0.05) is 23.7 Å². The highest BCUT2D eigenvalue weighted by Crippen LogP contribution is 2.35. The molecule has 0 saturated carbocycles. The number of rotatable bonds is 12. The van der Waals surface area contributed by atoms with Gasteiger partial charge >= 0.3 is 6.09 Å². The van der Waals surface area contributed by atoms with Gasteiger partial charge in [0.1, 0.15) is 62.6 Å². The molecule has 296 valence electrons. The Morgan fingerprint density at radius 2 is 1.62 bits per heavy atom. The number of hydrogen-bond donors (Lipinski definition) is 3. The maximum absolute atomic E-state index is 15.8. The number of amides is 1. The summed E-state index contributed by atoms with van der Waals surface area (Å²) < 4.78 is 76.4. The molecule has 0 spiro atoms. The molecule has 3 N–H and O–H groups in total. The van der Waals surface area contributed by atoms with Crippen LogP contribution in [0.1, 0.15) is 49.3 Å². The second kappa shape index (κ2) is 17.0. The van der Waals surface area contributed by atoms with Gasteiger partial charge in [-0.25, -0.2) is 27.2 Å². The number of methoxy groups -OCH3 is 2. The van der Waals surface area contributed by atoms with Crippen LogP contribution >= 0.6 is 11.6 Å². The largest absolute Gasteiger partial charge is 0.497 e. The number of halogens is 4. The second-order valence-corrected chi connectivity index (χ2v) is 15.2. The summed E-state index contributed by atoms with van der Waals surface area (Å²) in [5.74, 6) is -2.62. The molecule has 4 aromatic carbocycles. The van der Waals surface area contributed by atoms with Crippen molar-refractivity contribution >= 4 is 51.1 Å². The SMILES string of the molecule is CNc1c(-n2c(C(Cc3cc(F)cc(F)c3)NC(=O)OC(C)(C)C)nc3cc(OC)cc(F)c3c2=O)ccc(Cl)c1C(=N)N(Cc1ccc(OC)cc1)S(C)=O. The molecule has 0 saturated heterocycles. The van der Waals surface area contributed by atoms with Crippen molar-refractivity contribution < 1.29 is 36.4 Å². The number of carbonyl (C=O) groups is 1. The number of nitrogens with zero attached hydrogens (tertiary/aromatic N) is 3. The minimum absolute atomic E-state index is 0.00559. The summed E-state index contributed by atoms with van der Waals surface area (Å²) in [7, 11) is 2.56. The molecule has 56 heavy (non-hydrogen) atoms. The topological polar surface area (TPSA) is 148 Å². The molecular weight excluding hydrogens is 773 g/mol. The molecule has 0 fully saturated rings. The van der Waals surface area contributed by atoms with E-state index in [1.807, 2.05) is 0 Å². The van der Waals surface area contributed by atoms with E-state index in [1.54, 1.807) is 45.0 Å². The van der Waals surface area contributed by atoms with Crippen molar-refractivity contribution in [2.75, 3.05) is 32.8 Å². The van der Waals surface area contributed by atoms with Gasteiger partial charge in [0, 0.05) is 37.9 Å². The summed E-state index contributed by atoms with van der Waals surface area (Å²) in [4.78, 5) is 32.8. The van der Waals surface area contributed by atoms with Crippen molar-refractivity contribution in [2.24, 2.45) is 0 Å². The maximum Gasteiger partial charge on any atom is 0.408 e. The predicted octanol–water partition coefficient (Wildman–Crippen LogP) is 7.44. The molecule has 17 heteroatoms. The van der Waals surface area contributed by atoms with Crippen molar-refractivity contribution in [1.29, 1.82) is 5.41 Å². The summed E-state index contributed by atoms with van der Waals surface area (Å²) in [6, 6.07) is 13.6. The van der Waals surface area contributed by atoms with Gasteiger partial charge in [0.05, 0.1) is 54.3 Å². The first-order valence-corrected chi connectivity index (χ1v) is 18.9. The third-order valence-electron chi connectivity index (χ3n) is 8.43. The van der Waals surface area contributed by atoms with Crippen molar-refractivity contribution in [1.82, 2.24) is 19.2 Å². The van der Waals surface area contributed by atoms with Gasteiger partial charge in [0.25, 0.3) is 5.56 Å². The first kappa shape index (κ1) is 41.6. The van der Waals surface area contributed by atoms with Gasteiger partial charge in [-0.05, 0) is 68.3 Å². The highest BCUT2D eigenvalue weighted by molar-refractivity contribution is 7.82. The Labute approximate surface area is 328 Å². The van der Waals surface area contributed by atoms with Crippen molar-refractivity contribution in [3.63, 3.8) is 0 Å². The molecule has 2 unspecified atom stereocenters. The predicted molar refractivity (Wildman–Crippen MR) is 210 cm³/mol. The maximum atomic E-state index is 15.8. The minimum Gasteiger partial charge on any atom is -0.497 e. The third kappa shape index (κ3) is 9.25. The van der Waals surface area contributed by atoms with Crippen molar-refractivity contribution in [3.8, 4) is 17.2 Å². The van der Waals surface area contributed by atoms with E-state index < -0.39 is 57.1 Å². The Morgan fingerprint density at radius 3 is 2.20 bits per heavy atom. The quantitative estimate of drug-likeness (QED) is 0.0870. The van der Waals surface area contributed by atoms with E-state index in [0.29, 0.717) is 17.4 Å². The molecule has 1 amide bonds. The van der Waals surface area contributed by atoms with Crippen LogP contribution in [0.4, 0.5) is 23.7 Å². The van der Waals surface area contributed by atoms with Gasteiger partial charge in [-0.3, -0.25) is 19.1 Å². The van der Waals surface area contributed by atoms with Crippen LogP contribution in [0.25, 0.3) is 16.6 Å². The van der Waals surface area contributed by atoms with E-state index in [0.717, 1.165) is 22.8 Å². The van der Waals surface area contributed by atoms with Gasteiger partial charge in [-0.15, -0.1) is 0 Å². The van der Waals surface area contributed by atoms with Gasteiger partial charge in [0.15, 0.2) is 0 Å². The number of fused-ring (bicyclic) bond motifs is 1. The molecule has 5 aromatic rings. The lowest BCUT2D eigenvalue weighted by Crippen LogP contribution is -2.39. The third-order valence-corrected chi connectivity index (χ3v) is 9.68. The average Bonchev–Trinajstić information content (AvgIpc) is 3.11. The zero-order valence-corrected chi connectivity index (χ0v) is 33.1. The van der Waals surface area contributed by atoms with Crippen LogP contribution in [-0.2, 0) is 28.7 Å². The number of benzene rings is 4. The molecule has 5 rings (SSSR count). The molecule has 0 aliphatic heterocycles.